The van der Waals surface area contributed by atoms with E-state index in [0.717, 1.165) is 0 Å². The summed E-state index contributed by atoms with van der Waals surface area (Å²) in [6.07, 6.45) is 0. The molecule has 0 fully saturated rings. The molecule has 0 amide bonds. The van der Waals surface area contributed by atoms with Gasteiger partial charge in [-0.1, -0.05) is 54.6 Å². The molecule has 0 aliphatic heterocycles. The van der Waals surface area contributed by atoms with Crippen LogP contribution in [0.4, 0.5) is 0 Å². The lowest BCUT2D eigenvalue weighted by Crippen LogP contribution is -2.34. The van der Waals surface area contributed by atoms with E-state index in [9.17, 15) is 18.3 Å². The highest BCUT2D eigenvalue weighted by molar-refractivity contribution is 7.98. The lowest BCUT2D eigenvalue weighted by atomic mass is 9.78. The molecule has 8 heteroatoms. The van der Waals surface area contributed by atoms with E-state index in [1.165, 1.54) is 0 Å². The maximum atomic E-state index is 12.4. The van der Waals surface area contributed by atoms with E-state index >= 15 is 0 Å². The van der Waals surface area contributed by atoms with E-state index in [2.05, 4.69) is 5.10 Å². The van der Waals surface area contributed by atoms with Gasteiger partial charge in [-0.25, -0.2) is 13.6 Å². The second-order valence-corrected chi connectivity index (χ2v) is 6.98. The van der Waals surface area contributed by atoms with Crippen LogP contribution in [0, 0.1) is 5.92 Å². The van der Waals surface area contributed by atoms with Crippen LogP contribution in [0.15, 0.2) is 59.7 Å². The summed E-state index contributed by atoms with van der Waals surface area (Å²) < 4.78 is 24.7. The van der Waals surface area contributed by atoms with Crippen LogP contribution in [-0.4, -0.2) is 25.2 Å². The number of rotatable bonds is 3. The second kappa shape index (κ2) is 6.15. The van der Waals surface area contributed by atoms with Gasteiger partial charge in [0.25, 0.3) is 0 Å². The molecule has 0 bridgehead atoms. The second-order valence-electron chi connectivity index (χ2n) is 5.49. The Morgan fingerprint density at radius 3 is 2.08 bits per heavy atom. The van der Waals surface area contributed by atoms with Crippen molar-refractivity contribution < 1.29 is 18.3 Å². The minimum Gasteiger partial charge on any atom is -0.480 e. The molecule has 0 heterocycles. The number of hydrogen-bond donors (Lipinski definition) is 3. The quantitative estimate of drug-likeness (QED) is 0.560. The summed E-state index contributed by atoms with van der Waals surface area (Å²) in [5.41, 5.74) is 1.18. The molecule has 2 aromatic rings. The fraction of sp³-hybridized carbons (Fsp3) is 0.0588. The predicted molar refractivity (Wildman–Crippen MR) is 94.7 cm³/mol. The maximum absolute atomic E-state index is 12.4. The summed E-state index contributed by atoms with van der Waals surface area (Å²) in [5.74, 6) is 2.85. The molecule has 0 saturated carbocycles. The van der Waals surface area contributed by atoms with Crippen molar-refractivity contribution >= 4 is 32.2 Å². The summed E-state index contributed by atoms with van der Waals surface area (Å²) in [7, 11) is -4.21. The van der Waals surface area contributed by atoms with Gasteiger partial charge in [0.1, 0.15) is 5.92 Å². The van der Waals surface area contributed by atoms with Gasteiger partial charge in [0.15, 0.2) is 0 Å². The summed E-state index contributed by atoms with van der Waals surface area (Å²) >= 11 is 0. The molecule has 128 valence electrons. The Balaban J connectivity index is 2.52. The summed E-state index contributed by atoms with van der Waals surface area (Å²) in [4.78, 5) is 11.8. The van der Waals surface area contributed by atoms with E-state index in [-0.39, 0.29) is 21.8 Å². The van der Waals surface area contributed by atoms with Crippen LogP contribution in [0.2, 0.25) is 0 Å². The van der Waals surface area contributed by atoms with Crippen molar-refractivity contribution in [3.05, 3.63) is 71.3 Å². The van der Waals surface area contributed by atoms with Crippen molar-refractivity contribution in [3.8, 4) is 0 Å². The standard InChI is InChI=1S/C17H15N3O4S/c18-20-15-11-8-4-5-9-12(11)16(25(19,23)24)13(14(15)17(21)22)10-6-2-1-3-7-10/h1-9,14H,18H2,(H,21,22)(H2,19,23,24). The summed E-state index contributed by atoms with van der Waals surface area (Å²) in [6, 6.07) is 14.8. The topological polar surface area (TPSA) is 136 Å². The number of hydrazone groups is 1. The number of primary sulfonamides is 1. The third-order valence-corrected chi connectivity index (χ3v) is 5.02. The van der Waals surface area contributed by atoms with Crippen LogP contribution in [0.25, 0.3) is 10.5 Å². The predicted octanol–water partition coefficient (Wildman–Crippen LogP) is 1.22. The van der Waals surface area contributed by atoms with E-state index in [1.807, 2.05) is 0 Å². The largest absolute Gasteiger partial charge is 0.480 e. The van der Waals surface area contributed by atoms with Gasteiger partial charge in [0, 0.05) is 16.7 Å². The smallest absolute Gasteiger partial charge is 0.317 e. The first-order valence-electron chi connectivity index (χ1n) is 7.29. The van der Waals surface area contributed by atoms with Crippen LogP contribution in [0.1, 0.15) is 16.7 Å². The van der Waals surface area contributed by atoms with Crippen molar-refractivity contribution in [1.29, 1.82) is 0 Å². The number of carboxylic acids is 1. The molecule has 1 aliphatic rings. The average Bonchev–Trinajstić information content (AvgIpc) is 2.59. The molecule has 0 spiro atoms. The Morgan fingerprint density at radius 1 is 1.00 bits per heavy atom. The average molecular weight is 357 g/mol. The Kier molecular flexibility index (Phi) is 4.15. The van der Waals surface area contributed by atoms with Crippen LogP contribution >= 0.6 is 0 Å². The van der Waals surface area contributed by atoms with Gasteiger partial charge >= 0.3 is 5.97 Å². The minimum absolute atomic E-state index is 0.0542. The molecule has 1 unspecified atom stereocenters. The highest BCUT2D eigenvalue weighted by Crippen LogP contribution is 2.42. The van der Waals surface area contributed by atoms with Gasteiger partial charge in [0.2, 0.25) is 10.0 Å². The van der Waals surface area contributed by atoms with Gasteiger partial charge in [-0.05, 0) is 5.56 Å². The number of carbonyl (C=O) groups is 1. The zero-order valence-corrected chi connectivity index (χ0v) is 13.8. The monoisotopic (exact) mass is 357 g/mol. The number of nitrogens with zero attached hydrogens (tertiary/aromatic N) is 1. The van der Waals surface area contributed by atoms with Crippen LogP contribution < -0.4 is 11.0 Å². The van der Waals surface area contributed by atoms with Crippen molar-refractivity contribution in [2.45, 2.75) is 0 Å². The summed E-state index contributed by atoms with van der Waals surface area (Å²) in [6.45, 7) is 0. The molecular formula is C17H15N3O4S. The number of sulfonamides is 1. The minimum atomic E-state index is -4.21. The Bertz CT molecular complexity index is 1010. The summed E-state index contributed by atoms with van der Waals surface area (Å²) in [5, 5.41) is 18.9. The first kappa shape index (κ1) is 16.9. The molecule has 0 radical (unpaired) electrons. The maximum Gasteiger partial charge on any atom is 0.317 e. The van der Waals surface area contributed by atoms with E-state index in [0.29, 0.717) is 11.1 Å². The number of nitrogens with two attached hydrogens (primary N) is 2. The van der Waals surface area contributed by atoms with Crippen LogP contribution in [0.5, 0.6) is 0 Å². The molecular weight excluding hydrogens is 342 g/mol. The Morgan fingerprint density at radius 2 is 1.56 bits per heavy atom. The number of fused-ring (bicyclic) bond motifs is 1. The molecule has 1 atom stereocenters. The Labute approximate surface area is 144 Å². The van der Waals surface area contributed by atoms with Gasteiger partial charge in [-0.3, -0.25) is 4.79 Å². The van der Waals surface area contributed by atoms with Crippen molar-refractivity contribution in [2.75, 3.05) is 0 Å². The van der Waals surface area contributed by atoms with E-state index in [4.69, 9.17) is 11.0 Å². The molecule has 5 N–H and O–H groups in total. The van der Waals surface area contributed by atoms with Gasteiger partial charge in [-0.2, -0.15) is 5.10 Å². The van der Waals surface area contributed by atoms with Crippen LogP contribution in [0.3, 0.4) is 0 Å². The lowest BCUT2D eigenvalue weighted by Gasteiger charge is -2.28. The van der Waals surface area contributed by atoms with Crippen molar-refractivity contribution in [2.24, 2.45) is 22.0 Å². The number of benzene rings is 2. The molecule has 25 heavy (non-hydrogen) atoms. The van der Waals surface area contributed by atoms with Gasteiger partial charge in [-0.15, -0.1) is 0 Å². The normalized spacial score (nSPS) is 18.9. The van der Waals surface area contributed by atoms with E-state index in [1.54, 1.807) is 54.6 Å². The number of hydrogen-bond acceptors (Lipinski definition) is 5. The van der Waals surface area contributed by atoms with Gasteiger partial charge in [0.05, 0.1) is 10.6 Å². The Hall–Kier alpha value is -2.97. The fourth-order valence-electron chi connectivity index (χ4n) is 3.08. The SMILES string of the molecule is NN=C1c2ccccc2C(S(N)(=O)=O)=C(c2ccccc2)C1C(=O)O. The zero-order valence-electron chi connectivity index (χ0n) is 13.0. The first-order chi connectivity index (χ1) is 11.9. The first-order valence-corrected chi connectivity index (χ1v) is 8.83. The van der Waals surface area contributed by atoms with Gasteiger partial charge < -0.3 is 10.9 Å². The zero-order chi connectivity index (χ0) is 18.2. The third-order valence-electron chi connectivity index (χ3n) is 4.01. The van der Waals surface area contributed by atoms with Crippen molar-refractivity contribution in [1.82, 2.24) is 0 Å². The molecule has 0 saturated heterocycles. The van der Waals surface area contributed by atoms with E-state index < -0.39 is 21.9 Å². The number of aliphatic carboxylic acids is 1. The molecule has 1 aliphatic carbocycles. The van der Waals surface area contributed by atoms with Crippen LogP contribution in [-0.2, 0) is 14.8 Å². The molecule has 7 nitrogen and oxygen atoms in total. The fourth-order valence-corrected chi connectivity index (χ4v) is 4.11. The van der Waals surface area contributed by atoms with Crippen molar-refractivity contribution in [3.63, 3.8) is 0 Å². The number of carboxylic acid groups (broad SMARTS) is 1. The highest BCUT2D eigenvalue weighted by atomic mass is 32.2. The molecule has 3 rings (SSSR count). The lowest BCUT2D eigenvalue weighted by molar-refractivity contribution is -0.137. The molecule has 0 aromatic heterocycles. The third kappa shape index (κ3) is 2.81. The molecule has 2 aromatic carbocycles. The highest BCUT2D eigenvalue weighted by Gasteiger charge is 2.41.